The van der Waals surface area contributed by atoms with Gasteiger partial charge in [0.2, 0.25) is 0 Å². The normalized spacial score (nSPS) is 46.8. The lowest BCUT2D eigenvalue weighted by atomic mass is 9.67. The highest BCUT2D eigenvalue weighted by Crippen LogP contribution is 2.69. The molecule has 2 saturated carbocycles. The Morgan fingerprint density at radius 2 is 1.93 bits per heavy atom. The van der Waals surface area contributed by atoms with Crippen molar-refractivity contribution in [2.45, 2.75) is 45.8 Å². The summed E-state index contributed by atoms with van der Waals surface area (Å²) in [4.78, 5) is 4.09. The van der Waals surface area contributed by atoms with E-state index in [1.807, 2.05) is 0 Å². The molecule has 3 unspecified atom stereocenters. The summed E-state index contributed by atoms with van der Waals surface area (Å²) < 4.78 is 0. The first-order chi connectivity index (χ1) is 6.73. The predicted molar refractivity (Wildman–Crippen MR) is 60.0 cm³/mol. The quantitative estimate of drug-likeness (QED) is 0.443. The Balaban J connectivity index is 2.45. The summed E-state index contributed by atoms with van der Waals surface area (Å²) in [5.74, 6) is 0.512. The number of fused-ring (bicyclic) bond motifs is 2. The van der Waals surface area contributed by atoms with E-state index in [2.05, 4.69) is 25.8 Å². The zero-order valence-corrected chi connectivity index (χ0v) is 9.75. The maximum Gasteiger partial charge on any atom is 0.188 e. The van der Waals surface area contributed by atoms with Gasteiger partial charge in [0.1, 0.15) is 0 Å². The molecule has 0 heterocycles. The second-order valence-electron chi connectivity index (χ2n) is 5.85. The number of hydrogen-bond donors (Lipinski definition) is 3. The highest BCUT2D eigenvalue weighted by Gasteiger charge is 2.68. The number of nitrogens with two attached hydrogens (primary N) is 2. The van der Waals surface area contributed by atoms with E-state index < -0.39 is 5.72 Å². The molecule has 3 atom stereocenters. The van der Waals surface area contributed by atoms with Crippen molar-refractivity contribution in [2.24, 2.45) is 33.2 Å². The third-order valence-electron chi connectivity index (χ3n) is 5.16. The van der Waals surface area contributed by atoms with Gasteiger partial charge in [-0.05, 0) is 24.2 Å². The van der Waals surface area contributed by atoms with Gasteiger partial charge in [-0.3, -0.25) is 0 Å². The molecule has 86 valence electrons. The van der Waals surface area contributed by atoms with E-state index in [-0.39, 0.29) is 16.8 Å². The molecular weight excluding hydrogens is 190 g/mol. The zero-order chi connectivity index (χ0) is 11.5. The summed E-state index contributed by atoms with van der Waals surface area (Å²) in [6, 6.07) is 0. The molecule has 0 aliphatic heterocycles. The van der Waals surface area contributed by atoms with Crippen molar-refractivity contribution < 1.29 is 5.11 Å². The van der Waals surface area contributed by atoms with Crippen molar-refractivity contribution in [3.8, 4) is 0 Å². The summed E-state index contributed by atoms with van der Waals surface area (Å²) in [7, 11) is 0. The third-order valence-corrected chi connectivity index (χ3v) is 5.16. The molecule has 2 bridgehead atoms. The number of rotatable bonds is 1. The summed E-state index contributed by atoms with van der Waals surface area (Å²) in [6.07, 6.45) is 2.86. The second kappa shape index (κ2) is 2.67. The average molecular weight is 211 g/mol. The molecule has 5 N–H and O–H groups in total. The molecule has 0 aromatic rings. The molecule has 0 saturated heterocycles. The van der Waals surface area contributed by atoms with Crippen LogP contribution in [0.15, 0.2) is 4.99 Å². The van der Waals surface area contributed by atoms with Crippen molar-refractivity contribution in [3.05, 3.63) is 0 Å². The van der Waals surface area contributed by atoms with Crippen LogP contribution in [0.25, 0.3) is 0 Å². The molecule has 2 aliphatic carbocycles. The minimum atomic E-state index is -1.06. The van der Waals surface area contributed by atoms with Crippen LogP contribution in [-0.2, 0) is 0 Å². The number of hydrogen-bond acceptors (Lipinski definition) is 2. The van der Waals surface area contributed by atoms with Crippen molar-refractivity contribution in [1.82, 2.24) is 0 Å². The largest absolute Gasteiger partial charge is 0.370 e. The number of nitrogens with zero attached hydrogens (tertiary/aromatic N) is 1. The lowest BCUT2D eigenvalue weighted by Crippen LogP contribution is -2.47. The van der Waals surface area contributed by atoms with E-state index in [1.165, 1.54) is 6.42 Å². The summed E-state index contributed by atoms with van der Waals surface area (Å²) >= 11 is 0. The van der Waals surface area contributed by atoms with Crippen LogP contribution in [0.5, 0.6) is 0 Å². The smallest absolute Gasteiger partial charge is 0.188 e. The molecule has 2 aliphatic rings. The maximum absolute atomic E-state index is 10.6. The molecule has 0 aromatic carbocycles. The van der Waals surface area contributed by atoms with E-state index in [4.69, 9.17) is 11.5 Å². The summed E-state index contributed by atoms with van der Waals surface area (Å²) in [5, 5.41) is 10.6. The number of aliphatic hydroxyl groups is 1. The minimum absolute atomic E-state index is 0.0120. The van der Waals surface area contributed by atoms with Crippen LogP contribution < -0.4 is 11.5 Å². The third kappa shape index (κ3) is 1.08. The van der Waals surface area contributed by atoms with Crippen LogP contribution in [0.4, 0.5) is 0 Å². The van der Waals surface area contributed by atoms with Crippen molar-refractivity contribution in [2.75, 3.05) is 0 Å². The van der Waals surface area contributed by atoms with E-state index >= 15 is 0 Å². The van der Waals surface area contributed by atoms with Gasteiger partial charge in [0.25, 0.3) is 0 Å². The molecule has 4 heteroatoms. The minimum Gasteiger partial charge on any atom is -0.370 e. The van der Waals surface area contributed by atoms with Crippen LogP contribution in [0.1, 0.15) is 40.0 Å². The molecule has 2 rings (SSSR count). The van der Waals surface area contributed by atoms with Crippen LogP contribution in [0, 0.1) is 16.7 Å². The van der Waals surface area contributed by atoms with Gasteiger partial charge in [-0.15, -0.1) is 0 Å². The Bertz CT molecular complexity index is 322. The van der Waals surface area contributed by atoms with Crippen LogP contribution in [-0.4, -0.2) is 16.8 Å². The Labute approximate surface area is 90.7 Å². The SMILES string of the molecule is CC1(C)C2CCC1(C)C(O)(N=C(N)N)C2. The van der Waals surface area contributed by atoms with Gasteiger partial charge in [0, 0.05) is 11.8 Å². The van der Waals surface area contributed by atoms with Crippen molar-refractivity contribution >= 4 is 5.96 Å². The van der Waals surface area contributed by atoms with Gasteiger partial charge < -0.3 is 16.6 Å². The van der Waals surface area contributed by atoms with Gasteiger partial charge in [-0.1, -0.05) is 20.8 Å². The van der Waals surface area contributed by atoms with Gasteiger partial charge in [0.05, 0.1) is 0 Å². The highest BCUT2D eigenvalue weighted by molar-refractivity contribution is 5.76. The van der Waals surface area contributed by atoms with E-state index in [1.54, 1.807) is 0 Å². The summed E-state index contributed by atoms with van der Waals surface area (Å²) in [5.41, 5.74) is 9.66. The fraction of sp³-hybridized carbons (Fsp3) is 0.909. The Morgan fingerprint density at radius 3 is 2.27 bits per heavy atom. The maximum atomic E-state index is 10.6. The van der Waals surface area contributed by atoms with E-state index in [9.17, 15) is 5.11 Å². The predicted octanol–water partition coefficient (Wildman–Crippen LogP) is 0.795. The molecule has 4 nitrogen and oxygen atoms in total. The Kier molecular flexibility index (Phi) is 1.91. The van der Waals surface area contributed by atoms with Gasteiger partial charge in [-0.2, -0.15) is 0 Å². The number of aliphatic imine (C=N–C) groups is 1. The number of guanidine groups is 1. The zero-order valence-electron chi connectivity index (χ0n) is 9.75. The molecule has 0 aromatic heterocycles. The van der Waals surface area contributed by atoms with Gasteiger partial charge >= 0.3 is 0 Å². The van der Waals surface area contributed by atoms with Crippen molar-refractivity contribution in [3.63, 3.8) is 0 Å². The second-order valence-corrected chi connectivity index (χ2v) is 5.85. The van der Waals surface area contributed by atoms with Crippen LogP contribution in [0.3, 0.4) is 0 Å². The van der Waals surface area contributed by atoms with Gasteiger partial charge in [0.15, 0.2) is 11.7 Å². The van der Waals surface area contributed by atoms with Gasteiger partial charge in [-0.25, -0.2) is 4.99 Å². The lowest BCUT2D eigenvalue weighted by Gasteiger charge is -2.42. The fourth-order valence-electron chi connectivity index (χ4n) is 3.62. The monoisotopic (exact) mass is 211 g/mol. The molecule has 0 radical (unpaired) electrons. The fourth-order valence-corrected chi connectivity index (χ4v) is 3.62. The molecular formula is C11H21N3O. The Hall–Kier alpha value is -0.770. The first-order valence-electron chi connectivity index (χ1n) is 5.56. The molecule has 0 spiro atoms. The Morgan fingerprint density at radius 1 is 1.33 bits per heavy atom. The molecule has 0 amide bonds. The standard InChI is InChI=1S/C11H21N3O/c1-9(2)7-4-5-10(9,3)11(15,6-7)14-8(12)13/h7,15H,4-6H2,1-3H3,(H4,12,13,14). The highest BCUT2D eigenvalue weighted by atomic mass is 16.3. The van der Waals surface area contributed by atoms with Crippen LogP contribution >= 0.6 is 0 Å². The van der Waals surface area contributed by atoms with E-state index in [0.717, 1.165) is 6.42 Å². The average Bonchev–Trinajstić information content (AvgIpc) is 2.34. The van der Waals surface area contributed by atoms with Crippen molar-refractivity contribution in [1.29, 1.82) is 0 Å². The summed E-state index contributed by atoms with van der Waals surface area (Å²) in [6.45, 7) is 6.53. The first-order valence-corrected chi connectivity index (χ1v) is 5.56. The van der Waals surface area contributed by atoms with Crippen LogP contribution in [0.2, 0.25) is 0 Å². The lowest BCUT2D eigenvalue weighted by molar-refractivity contribution is -0.0822. The topological polar surface area (TPSA) is 84.6 Å². The molecule has 2 fully saturated rings. The first kappa shape index (κ1) is 10.7. The van der Waals surface area contributed by atoms with E-state index in [0.29, 0.717) is 12.3 Å². The molecule has 15 heavy (non-hydrogen) atoms.